The van der Waals surface area contributed by atoms with E-state index in [0.717, 1.165) is 12.2 Å². The Labute approximate surface area is 118 Å². The van der Waals surface area contributed by atoms with Gasteiger partial charge in [-0.05, 0) is 31.1 Å². The van der Waals surface area contributed by atoms with Crippen LogP contribution >= 0.6 is 12.2 Å². The average Bonchev–Trinajstić information content (AvgIpc) is 2.77. The minimum absolute atomic E-state index is 0.123. The van der Waals surface area contributed by atoms with Crippen molar-refractivity contribution in [2.24, 2.45) is 5.92 Å². The zero-order chi connectivity index (χ0) is 14.3. The summed E-state index contributed by atoms with van der Waals surface area (Å²) in [5.74, 6) is 0.375. The normalized spacial score (nSPS) is 10.3. The Balaban J connectivity index is 2.15. The lowest BCUT2D eigenvalue weighted by Crippen LogP contribution is -2.47. The number of nitrogens with zero attached hydrogens (tertiary/aromatic N) is 2. The number of hydrazine groups is 1. The Bertz CT molecular complexity index is 430. The van der Waals surface area contributed by atoms with E-state index < -0.39 is 0 Å². The average molecular weight is 283 g/mol. The minimum Gasteiger partial charge on any atom is -0.361 e. The molecule has 0 bridgehead atoms. The van der Waals surface area contributed by atoms with Crippen molar-refractivity contribution >= 4 is 23.2 Å². The first-order valence-electron chi connectivity index (χ1n) is 6.30. The first kappa shape index (κ1) is 15.4. The standard InChI is InChI=1S/C12H21N5OS/c1-9(2)8-13-12(19)15-14-11(18)5-7-17-6-4-10(3)16-17/h4,6,9H,5,7-8H2,1-3H3,(H,14,18)(H2,13,15,19). The highest BCUT2D eigenvalue weighted by Gasteiger charge is 2.03. The molecule has 0 unspecified atom stereocenters. The zero-order valence-electron chi connectivity index (χ0n) is 11.6. The van der Waals surface area contributed by atoms with E-state index >= 15 is 0 Å². The number of aryl methyl sites for hydroxylation is 2. The third kappa shape index (κ3) is 6.76. The first-order valence-corrected chi connectivity index (χ1v) is 6.71. The Hall–Kier alpha value is -1.63. The van der Waals surface area contributed by atoms with Gasteiger partial charge in [-0.1, -0.05) is 13.8 Å². The predicted molar refractivity (Wildman–Crippen MR) is 78.3 cm³/mol. The molecule has 0 aliphatic heterocycles. The highest BCUT2D eigenvalue weighted by molar-refractivity contribution is 7.80. The molecule has 1 aromatic rings. The number of thiocarbonyl (C=S) groups is 1. The monoisotopic (exact) mass is 283 g/mol. The lowest BCUT2D eigenvalue weighted by molar-refractivity contribution is -0.121. The Kier molecular flexibility index (Phi) is 6.27. The van der Waals surface area contributed by atoms with Crippen molar-refractivity contribution in [1.29, 1.82) is 0 Å². The molecule has 1 heterocycles. The molecule has 0 aliphatic rings. The fourth-order valence-electron chi connectivity index (χ4n) is 1.33. The molecule has 1 amide bonds. The molecule has 0 fully saturated rings. The van der Waals surface area contributed by atoms with E-state index in [-0.39, 0.29) is 5.91 Å². The van der Waals surface area contributed by atoms with Gasteiger partial charge in [-0.15, -0.1) is 0 Å². The van der Waals surface area contributed by atoms with Crippen LogP contribution in [0.15, 0.2) is 12.3 Å². The fraction of sp³-hybridized carbons (Fsp3) is 0.583. The first-order chi connectivity index (χ1) is 8.97. The van der Waals surface area contributed by atoms with E-state index in [4.69, 9.17) is 12.2 Å². The van der Waals surface area contributed by atoms with Crippen LogP contribution in [0.2, 0.25) is 0 Å². The van der Waals surface area contributed by atoms with Crippen LogP contribution in [-0.4, -0.2) is 27.3 Å². The Morgan fingerprint density at radius 1 is 1.47 bits per heavy atom. The zero-order valence-corrected chi connectivity index (χ0v) is 12.4. The molecule has 6 nitrogen and oxygen atoms in total. The molecular formula is C12H21N5OS. The summed E-state index contributed by atoms with van der Waals surface area (Å²) in [6.45, 7) is 7.40. The summed E-state index contributed by atoms with van der Waals surface area (Å²) in [5.41, 5.74) is 6.16. The number of nitrogens with one attached hydrogen (secondary N) is 3. The van der Waals surface area contributed by atoms with Crippen molar-refractivity contribution in [2.45, 2.75) is 33.7 Å². The molecule has 0 saturated carbocycles. The van der Waals surface area contributed by atoms with E-state index in [0.29, 0.717) is 24.0 Å². The molecule has 7 heteroatoms. The van der Waals surface area contributed by atoms with Crippen molar-refractivity contribution in [3.8, 4) is 0 Å². The van der Waals surface area contributed by atoms with Gasteiger partial charge >= 0.3 is 0 Å². The quantitative estimate of drug-likeness (QED) is 0.549. The summed E-state index contributed by atoms with van der Waals surface area (Å²) in [6.07, 6.45) is 2.20. The molecule has 3 N–H and O–H groups in total. The number of hydrogen-bond acceptors (Lipinski definition) is 3. The highest BCUT2D eigenvalue weighted by Crippen LogP contribution is 1.94. The summed E-state index contributed by atoms with van der Waals surface area (Å²) in [5, 5.41) is 7.64. The molecule has 1 aromatic heterocycles. The van der Waals surface area contributed by atoms with Crippen LogP contribution in [0, 0.1) is 12.8 Å². The number of carbonyl (C=O) groups excluding carboxylic acids is 1. The molecule has 0 radical (unpaired) electrons. The predicted octanol–water partition coefficient (Wildman–Crippen LogP) is 0.733. The number of aromatic nitrogens is 2. The maximum atomic E-state index is 11.6. The molecule has 1 rings (SSSR count). The lowest BCUT2D eigenvalue weighted by atomic mass is 10.2. The third-order valence-electron chi connectivity index (χ3n) is 2.33. The second kappa shape index (κ2) is 7.73. The van der Waals surface area contributed by atoms with Crippen molar-refractivity contribution in [1.82, 2.24) is 25.9 Å². The third-order valence-corrected chi connectivity index (χ3v) is 2.57. The van der Waals surface area contributed by atoms with Gasteiger partial charge < -0.3 is 5.32 Å². The number of carbonyl (C=O) groups is 1. The number of amides is 1. The van der Waals surface area contributed by atoms with Gasteiger partial charge in [-0.2, -0.15) is 5.10 Å². The van der Waals surface area contributed by atoms with Gasteiger partial charge in [0, 0.05) is 25.7 Å². The molecule has 0 saturated heterocycles. The van der Waals surface area contributed by atoms with E-state index in [1.807, 2.05) is 19.2 Å². The SMILES string of the molecule is Cc1ccn(CCC(=O)NNC(=S)NCC(C)C)n1. The van der Waals surface area contributed by atoms with Gasteiger partial charge in [-0.3, -0.25) is 20.3 Å². The van der Waals surface area contributed by atoms with Gasteiger partial charge in [0.2, 0.25) is 5.91 Å². The van der Waals surface area contributed by atoms with E-state index in [2.05, 4.69) is 35.1 Å². The van der Waals surface area contributed by atoms with Crippen LogP contribution in [0.1, 0.15) is 26.0 Å². The van der Waals surface area contributed by atoms with Crippen LogP contribution in [0.4, 0.5) is 0 Å². The summed E-state index contributed by atoms with van der Waals surface area (Å²) in [6, 6.07) is 1.90. The summed E-state index contributed by atoms with van der Waals surface area (Å²) in [7, 11) is 0. The van der Waals surface area contributed by atoms with Gasteiger partial charge in [-0.25, -0.2) is 0 Å². The highest BCUT2D eigenvalue weighted by atomic mass is 32.1. The Morgan fingerprint density at radius 3 is 2.79 bits per heavy atom. The van der Waals surface area contributed by atoms with E-state index in [1.165, 1.54) is 0 Å². The molecule has 0 aromatic carbocycles. The smallest absolute Gasteiger partial charge is 0.240 e. The minimum atomic E-state index is -0.123. The summed E-state index contributed by atoms with van der Waals surface area (Å²) < 4.78 is 1.74. The Morgan fingerprint density at radius 2 is 2.21 bits per heavy atom. The van der Waals surface area contributed by atoms with Crippen LogP contribution in [0.5, 0.6) is 0 Å². The van der Waals surface area contributed by atoms with E-state index in [1.54, 1.807) is 4.68 Å². The van der Waals surface area contributed by atoms with Gasteiger partial charge in [0.1, 0.15) is 0 Å². The maximum absolute atomic E-state index is 11.6. The summed E-state index contributed by atoms with van der Waals surface area (Å²) in [4.78, 5) is 11.6. The van der Waals surface area contributed by atoms with Crippen molar-refractivity contribution in [2.75, 3.05) is 6.54 Å². The van der Waals surface area contributed by atoms with Crippen molar-refractivity contribution in [3.63, 3.8) is 0 Å². The van der Waals surface area contributed by atoms with Crippen LogP contribution in [-0.2, 0) is 11.3 Å². The van der Waals surface area contributed by atoms with Crippen molar-refractivity contribution in [3.05, 3.63) is 18.0 Å². The second-order valence-corrected chi connectivity index (χ2v) is 5.16. The van der Waals surface area contributed by atoms with Gasteiger partial charge in [0.15, 0.2) is 5.11 Å². The second-order valence-electron chi connectivity index (χ2n) is 4.75. The number of hydrogen-bond donors (Lipinski definition) is 3. The van der Waals surface area contributed by atoms with Gasteiger partial charge in [0.05, 0.1) is 5.69 Å². The molecule has 0 aliphatic carbocycles. The van der Waals surface area contributed by atoms with E-state index in [9.17, 15) is 4.79 Å². The fourth-order valence-corrected chi connectivity index (χ4v) is 1.47. The lowest BCUT2D eigenvalue weighted by Gasteiger charge is -2.12. The van der Waals surface area contributed by atoms with Crippen molar-refractivity contribution < 1.29 is 4.79 Å². The van der Waals surface area contributed by atoms with Crippen LogP contribution in [0.3, 0.4) is 0 Å². The van der Waals surface area contributed by atoms with Crippen LogP contribution in [0.25, 0.3) is 0 Å². The summed E-state index contributed by atoms with van der Waals surface area (Å²) >= 11 is 5.02. The van der Waals surface area contributed by atoms with Crippen LogP contribution < -0.4 is 16.2 Å². The topological polar surface area (TPSA) is 71.0 Å². The largest absolute Gasteiger partial charge is 0.361 e. The van der Waals surface area contributed by atoms with Gasteiger partial charge in [0.25, 0.3) is 0 Å². The molecule has 19 heavy (non-hydrogen) atoms. The molecular weight excluding hydrogens is 262 g/mol. The number of rotatable bonds is 5. The maximum Gasteiger partial charge on any atom is 0.240 e. The molecule has 0 atom stereocenters. The molecule has 106 valence electrons. The molecule has 0 spiro atoms.